The summed E-state index contributed by atoms with van der Waals surface area (Å²) in [6.45, 7) is 4.85. The molecular weight excluding hydrogens is 238 g/mol. The van der Waals surface area contributed by atoms with Gasteiger partial charge >= 0.3 is 0 Å². The first kappa shape index (κ1) is 14.1. The molecule has 106 valence electrons. The molecule has 2 N–H and O–H groups in total. The number of hydrogen-bond donors (Lipinski definition) is 1. The lowest BCUT2D eigenvalue weighted by atomic mass is 9.90. The minimum absolute atomic E-state index is 0.151. The Hall–Kier alpha value is -1.29. The van der Waals surface area contributed by atoms with Crippen LogP contribution in [0.2, 0.25) is 0 Å². The van der Waals surface area contributed by atoms with Gasteiger partial charge in [0.15, 0.2) is 0 Å². The van der Waals surface area contributed by atoms with E-state index in [1.165, 1.54) is 0 Å². The zero-order chi connectivity index (χ0) is 14.0. The Morgan fingerprint density at radius 1 is 1.37 bits per heavy atom. The first-order valence-corrected chi connectivity index (χ1v) is 7.23. The van der Waals surface area contributed by atoms with E-state index in [0.717, 1.165) is 43.6 Å². The minimum Gasteiger partial charge on any atom is -0.344 e. The fourth-order valence-electron chi connectivity index (χ4n) is 2.96. The molecule has 1 aromatic heterocycles. The van der Waals surface area contributed by atoms with E-state index in [2.05, 4.69) is 6.92 Å². The number of aromatic nitrogens is 1. The fraction of sp³-hybridized carbons (Fsp3) is 0.667. The van der Waals surface area contributed by atoms with Gasteiger partial charge in [-0.3, -0.25) is 4.79 Å². The van der Waals surface area contributed by atoms with Crippen LogP contribution in [0.25, 0.3) is 0 Å². The van der Waals surface area contributed by atoms with Gasteiger partial charge in [0.2, 0.25) is 0 Å². The molecule has 0 atom stereocenters. The predicted molar refractivity (Wildman–Crippen MR) is 77.1 cm³/mol. The summed E-state index contributed by atoms with van der Waals surface area (Å²) in [6.07, 6.45) is 4.12. The van der Waals surface area contributed by atoms with Crippen molar-refractivity contribution in [3.05, 3.63) is 23.5 Å². The van der Waals surface area contributed by atoms with Crippen molar-refractivity contribution in [3.63, 3.8) is 0 Å². The van der Waals surface area contributed by atoms with Crippen LogP contribution in [-0.4, -0.2) is 34.0 Å². The van der Waals surface area contributed by atoms with Crippen molar-refractivity contribution in [1.29, 1.82) is 0 Å². The van der Waals surface area contributed by atoms with Crippen LogP contribution in [0.3, 0.4) is 0 Å². The topological polar surface area (TPSA) is 51.3 Å². The summed E-state index contributed by atoms with van der Waals surface area (Å²) in [5.74, 6) is 0.151. The molecule has 0 bridgehead atoms. The van der Waals surface area contributed by atoms with E-state index in [-0.39, 0.29) is 5.91 Å². The Kier molecular flexibility index (Phi) is 4.30. The highest BCUT2D eigenvalue weighted by atomic mass is 16.2. The van der Waals surface area contributed by atoms with Gasteiger partial charge in [0.1, 0.15) is 5.69 Å². The van der Waals surface area contributed by atoms with Crippen LogP contribution < -0.4 is 5.73 Å². The molecule has 1 fully saturated rings. The van der Waals surface area contributed by atoms with Gasteiger partial charge in [0.05, 0.1) is 0 Å². The van der Waals surface area contributed by atoms with Crippen LogP contribution in [0.1, 0.15) is 48.8 Å². The molecular formula is C15H25N3O. The summed E-state index contributed by atoms with van der Waals surface area (Å²) in [5.41, 5.74) is 7.85. The molecule has 2 rings (SSSR count). The first-order valence-electron chi connectivity index (χ1n) is 7.23. The molecule has 4 nitrogen and oxygen atoms in total. The number of carbonyl (C=O) groups excluding carboxylic acids is 1. The quantitative estimate of drug-likeness (QED) is 0.907. The van der Waals surface area contributed by atoms with Gasteiger partial charge in [-0.15, -0.1) is 0 Å². The lowest BCUT2D eigenvalue weighted by Gasteiger charge is -2.35. The van der Waals surface area contributed by atoms with Gasteiger partial charge in [-0.1, -0.05) is 0 Å². The molecule has 0 spiro atoms. The largest absolute Gasteiger partial charge is 0.344 e. The molecule has 0 radical (unpaired) electrons. The summed E-state index contributed by atoms with van der Waals surface area (Å²) in [4.78, 5) is 14.7. The van der Waals surface area contributed by atoms with Gasteiger partial charge in [0.25, 0.3) is 5.91 Å². The molecule has 1 heterocycles. The first-order chi connectivity index (χ1) is 9.04. The highest BCUT2D eigenvalue weighted by Gasteiger charge is 2.28. The van der Waals surface area contributed by atoms with Crippen LogP contribution in [0.15, 0.2) is 12.1 Å². The maximum absolute atomic E-state index is 12.7. The molecule has 1 amide bonds. The lowest BCUT2D eigenvalue weighted by Crippen LogP contribution is -2.44. The Bertz CT molecular complexity index is 444. The number of amides is 1. The van der Waals surface area contributed by atoms with Crippen molar-refractivity contribution in [2.24, 2.45) is 12.8 Å². The molecule has 0 unspecified atom stereocenters. The molecule has 1 aliphatic rings. The summed E-state index contributed by atoms with van der Waals surface area (Å²) < 4.78 is 1.97. The third kappa shape index (κ3) is 2.84. The van der Waals surface area contributed by atoms with E-state index in [4.69, 9.17) is 5.73 Å². The molecule has 0 saturated heterocycles. The van der Waals surface area contributed by atoms with Crippen molar-refractivity contribution in [2.75, 3.05) is 6.54 Å². The second-order valence-electron chi connectivity index (χ2n) is 5.58. The maximum atomic E-state index is 12.7. The molecule has 1 aliphatic carbocycles. The summed E-state index contributed by atoms with van der Waals surface area (Å²) in [6, 6.07) is 4.60. The van der Waals surface area contributed by atoms with Gasteiger partial charge < -0.3 is 15.2 Å². The smallest absolute Gasteiger partial charge is 0.270 e. The van der Waals surface area contributed by atoms with E-state index in [1.807, 2.05) is 35.6 Å². The van der Waals surface area contributed by atoms with Crippen molar-refractivity contribution < 1.29 is 4.79 Å². The monoisotopic (exact) mass is 263 g/mol. The lowest BCUT2D eigenvalue weighted by molar-refractivity contribution is 0.0630. The molecule has 19 heavy (non-hydrogen) atoms. The molecule has 1 aromatic rings. The van der Waals surface area contributed by atoms with E-state index < -0.39 is 0 Å². The fourth-order valence-corrected chi connectivity index (χ4v) is 2.96. The van der Waals surface area contributed by atoms with Crippen LogP contribution in [0, 0.1) is 6.92 Å². The maximum Gasteiger partial charge on any atom is 0.270 e. The molecule has 4 heteroatoms. The number of nitrogens with zero attached hydrogens (tertiary/aromatic N) is 2. The Morgan fingerprint density at radius 2 is 2.00 bits per heavy atom. The second kappa shape index (κ2) is 5.78. The van der Waals surface area contributed by atoms with Gasteiger partial charge in [-0.2, -0.15) is 0 Å². The Labute approximate surface area is 115 Å². The Balaban J connectivity index is 2.13. The number of nitrogens with two attached hydrogens (primary N) is 1. The van der Waals surface area contributed by atoms with Crippen LogP contribution >= 0.6 is 0 Å². The molecule has 1 saturated carbocycles. The number of hydrogen-bond acceptors (Lipinski definition) is 2. The van der Waals surface area contributed by atoms with Crippen molar-refractivity contribution >= 4 is 5.91 Å². The third-order valence-corrected chi connectivity index (χ3v) is 4.38. The molecule has 0 aromatic carbocycles. The second-order valence-corrected chi connectivity index (χ2v) is 5.58. The van der Waals surface area contributed by atoms with E-state index in [1.54, 1.807) is 0 Å². The standard InChI is InChI=1S/C15H25N3O/c1-4-18(13-8-6-12(16)7-9-13)15(19)14-10-5-11(2)17(14)3/h5,10,12-13H,4,6-9,16H2,1-3H3. The molecule has 0 aliphatic heterocycles. The third-order valence-electron chi connectivity index (χ3n) is 4.38. The summed E-state index contributed by atoms with van der Waals surface area (Å²) in [7, 11) is 1.95. The van der Waals surface area contributed by atoms with Gasteiger partial charge in [-0.05, 0) is 51.7 Å². The minimum atomic E-state index is 0.151. The van der Waals surface area contributed by atoms with E-state index in [9.17, 15) is 4.79 Å². The number of aryl methyl sites for hydroxylation is 1. The van der Waals surface area contributed by atoms with Crippen molar-refractivity contribution in [3.8, 4) is 0 Å². The number of carbonyl (C=O) groups is 1. The van der Waals surface area contributed by atoms with Crippen LogP contribution in [0.5, 0.6) is 0 Å². The summed E-state index contributed by atoms with van der Waals surface area (Å²) >= 11 is 0. The number of rotatable bonds is 3. The zero-order valence-corrected chi connectivity index (χ0v) is 12.2. The SMILES string of the molecule is CCN(C(=O)c1ccc(C)n1C)C1CCC(N)CC1. The zero-order valence-electron chi connectivity index (χ0n) is 12.2. The van der Waals surface area contributed by atoms with Crippen LogP contribution in [0.4, 0.5) is 0 Å². The van der Waals surface area contributed by atoms with Crippen LogP contribution in [-0.2, 0) is 7.05 Å². The average Bonchev–Trinajstić information content (AvgIpc) is 2.73. The van der Waals surface area contributed by atoms with E-state index >= 15 is 0 Å². The van der Waals surface area contributed by atoms with Crippen molar-refractivity contribution in [2.45, 2.75) is 51.6 Å². The normalized spacial score (nSPS) is 23.4. The highest BCUT2D eigenvalue weighted by Crippen LogP contribution is 2.23. The van der Waals surface area contributed by atoms with Crippen molar-refractivity contribution in [1.82, 2.24) is 9.47 Å². The highest BCUT2D eigenvalue weighted by molar-refractivity contribution is 5.93. The van der Waals surface area contributed by atoms with Gasteiger partial charge in [0, 0.05) is 31.4 Å². The average molecular weight is 263 g/mol. The predicted octanol–water partition coefficient (Wildman–Crippen LogP) is 2.07. The summed E-state index contributed by atoms with van der Waals surface area (Å²) in [5, 5.41) is 0. The van der Waals surface area contributed by atoms with Gasteiger partial charge in [-0.25, -0.2) is 0 Å². The Morgan fingerprint density at radius 3 is 2.47 bits per heavy atom. The van der Waals surface area contributed by atoms with E-state index in [0.29, 0.717) is 12.1 Å².